The SMILES string of the molecule is CCc1ccc(OCC2(CCN)CC2)c(OC)c1. The lowest BCUT2D eigenvalue weighted by Gasteiger charge is -2.17. The normalized spacial score (nSPS) is 16.4. The smallest absolute Gasteiger partial charge is 0.161 e. The lowest BCUT2D eigenvalue weighted by atomic mass is 10.0. The molecule has 0 atom stereocenters. The van der Waals surface area contributed by atoms with Crippen molar-refractivity contribution in [1.29, 1.82) is 0 Å². The minimum Gasteiger partial charge on any atom is -0.493 e. The Balaban J connectivity index is 2.00. The molecule has 0 amide bonds. The van der Waals surface area contributed by atoms with Crippen molar-refractivity contribution in [3.05, 3.63) is 23.8 Å². The van der Waals surface area contributed by atoms with Crippen molar-refractivity contribution >= 4 is 0 Å². The van der Waals surface area contributed by atoms with Gasteiger partial charge in [0.15, 0.2) is 11.5 Å². The Kier molecular flexibility index (Phi) is 4.12. The minimum absolute atomic E-state index is 0.336. The highest BCUT2D eigenvalue weighted by molar-refractivity contribution is 5.43. The van der Waals surface area contributed by atoms with E-state index in [9.17, 15) is 0 Å². The van der Waals surface area contributed by atoms with E-state index in [1.807, 2.05) is 6.07 Å². The van der Waals surface area contributed by atoms with Gasteiger partial charge in [-0.1, -0.05) is 13.0 Å². The standard InChI is InChI=1S/C15H23NO2/c1-3-12-4-5-13(14(10-12)17-2)18-11-15(6-7-15)8-9-16/h4-5,10H,3,6-9,11,16H2,1-2H3. The first-order valence-electron chi connectivity index (χ1n) is 6.73. The zero-order valence-corrected chi connectivity index (χ0v) is 11.4. The first kappa shape index (κ1) is 13.2. The van der Waals surface area contributed by atoms with Crippen LogP contribution in [0.15, 0.2) is 18.2 Å². The summed E-state index contributed by atoms with van der Waals surface area (Å²) in [6.07, 6.45) is 4.54. The van der Waals surface area contributed by atoms with Gasteiger partial charge in [-0.15, -0.1) is 0 Å². The summed E-state index contributed by atoms with van der Waals surface area (Å²) in [5.41, 5.74) is 7.24. The Bertz CT molecular complexity index is 399. The third kappa shape index (κ3) is 2.96. The molecule has 18 heavy (non-hydrogen) atoms. The van der Waals surface area contributed by atoms with Crippen LogP contribution in [0.25, 0.3) is 0 Å². The maximum Gasteiger partial charge on any atom is 0.161 e. The average Bonchev–Trinajstić information content (AvgIpc) is 3.17. The maximum atomic E-state index is 5.93. The summed E-state index contributed by atoms with van der Waals surface area (Å²) in [7, 11) is 1.69. The average molecular weight is 249 g/mol. The molecule has 1 aromatic carbocycles. The predicted molar refractivity (Wildman–Crippen MR) is 73.2 cm³/mol. The molecule has 1 aromatic rings. The molecule has 3 nitrogen and oxygen atoms in total. The van der Waals surface area contributed by atoms with Gasteiger partial charge in [0, 0.05) is 5.41 Å². The summed E-state index contributed by atoms with van der Waals surface area (Å²) in [5, 5.41) is 0. The fraction of sp³-hybridized carbons (Fsp3) is 0.600. The third-order valence-corrected chi connectivity index (χ3v) is 3.80. The number of hydrogen-bond donors (Lipinski definition) is 1. The van der Waals surface area contributed by atoms with Gasteiger partial charge < -0.3 is 15.2 Å². The zero-order valence-electron chi connectivity index (χ0n) is 11.4. The van der Waals surface area contributed by atoms with Crippen molar-refractivity contribution in [2.24, 2.45) is 11.1 Å². The van der Waals surface area contributed by atoms with Crippen LogP contribution < -0.4 is 15.2 Å². The van der Waals surface area contributed by atoms with Crippen molar-refractivity contribution in [2.75, 3.05) is 20.3 Å². The van der Waals surface area contributed by atoms with Gasteiger partial charge in [-0.2, -0.15) is 0 Å². The van der Waals surface area contributed by atoms with Gasteiger partial charge >= 0.3 is 0 Å². The van der Waals surface area contributed by atoms with Crippen LogP contribution in [0, 0.1) is 5.41 Å². The second-order valence-electron chi connectivity index (χ2n) is 5.17. The van der Waals surface area contributed by atoms with Gasteiger partial charge in [-0.05, 0) is 49.9 Å². The van der Waals surface area contributed by atoms with E-state index >= 15 is 0 Å². The predicted octanol–water partition coefficient (Wildman–Crippen LogP) is 2.77. The second kappa shape index (κ2) is 5.61. The molecule has 1 aliphatic rings. The summed E-state index contributed by atoms with van der Waals surface area (Å²) in [5.74, 6) is 1.68. The van der Waals surface area contributed by atoms with Crippen LogP contribution in [0.4, 0.5) is 0 Å². The van der Waals surface area contributed by atoms with Gasteiger partial charge in [-0.3, -0.25) is 0 Å². The molecule has 2 rings (SSSR count). The molecular weight excluding hydrogens is 226 g/mol. The summed E-state index contributed by atoms with van der Waals surface area (Å²) in [4.78, 5) is 0. The molecule has 0 aromatic heterocycles. The van der Waals surface area contributed by atoms with Crippen LogP contribution in [-0.2, 0) is 6.42 Å². The van der Waals surface area contributed by atoms with Crippen molar-refractivity contribution in [1.82, 2.24) is 0 Å². The molecule has 0 bridgehead atoms. The number of methoxy groups -OCH3 is 1. The number of nitrogens with two attached hydrogens (primary N) is 1. The van der Waals surface area contributed by atoms with E-state index in [0.717, 1.165) is 37.5 Å². The van der Waals surface area contributed by atoms with Crippen molar-refractivity contribution < 1.29 is 9.47 Å². The molecule has 1 fully saturated rings. The Labute approximate surface area is 109 Å². The van der Waals surface area contributed by atoms with Crippen LogP contribution in [0.3, 0.4) is 0 Å². The highest BCUT2D eigenvalue weighted by Crippen LogP contribution is 2.49. The van der Waals surface area contributed by atoms with Crippen molar-refractivity contribution in [2.45, 2.75) is 32.6 Å². The Morgan fingerprint density at radius 2 is 2.06 bits per heavy atom. The van der Waals surface area contributed by atoms with E-state index in [1.54, 1.807) is 7.11 Å². The van der Waals surface area contributed by atoms with E-state index in [1.165, 1.54) is 18.4 Å². The largest absolute Gasteiger partial charge is 0.493 e. The first-order chi connectivity index (χ1) is 8.73. The van der Waals surface area contributed by atoms with E-state index in [4.69, 9.17) is 15.2 Å². The van der Waals surface area contributed by atoms with Crippen molar-refractivity contribution in [3.63, 3.8) is 0 Å². The lowest BCUT2D eigenvalue weighted by molar-refractivity contribution is 0.218. The van der Waals surface area contributed by atoms with Gasteiger partial charge in [-0.25, -0.2) is 0 Å². The number of rotatable bonds is 7. The Morgan fingerprint density at radius 3 is 2.61 bits per heavy atom. The third-order valence-electron chi connectivity index (χ3n) is 3.80. The monoisotopic (exact) mass is 249 g/mol. The fourth-order valence-electron chi connectivity index (χ4n) is 2.23. The molecule has 0 unspecified atom stereocenters. The zero-order chi connectivity index (χ0) is 13.0. The Hall–Kier alpha value is -1.22. The molecule has 0 aliphatic heterocycles. The molecule has 1 aliphatic carbocycles. The Morgan fingerprint density at radius 1 is 1.28 bits per heavy atom. The highest BCUT2D eigenvalue weighted by atomic mass is 16.5. The molecule has 100 valence electrons. The van der Waals surface area contributed by atoms with Gasteiger partial charge in [0.05, 0.1) is 13.7 Å². The summed E-state index contributed by atoms with van der Waals surface area (Å²) in [6.45, 7) is 3.64. The van der Waals surface area contributed by atoms with Gasteiger partial charge in [0.1, 0.15) is 0 Å². The number of aryl methyl sites for hydroxylation is 1. The molecule has 1 saturated carbocycles. The first-order valence-corrected chi connectivity index (χ1v) is 6.73. The minimum atomic E-state index is 0.336. The van der Waals surface area contributed by atoms with Crippen LogP contribution in [0.1, 0.15) is 31.7 Å². The maximum absolute atomic E-state index is 5.93. The number of ether oxygens (including phenoxy) is 2. The van der Waals surface area contributed by atoms with Crippen LogP contribution in [-0.4, -0.2) is 20.3 Å². The van der Waals surface area contributed by atoms with E-state index in [2.05, 4.69) is 19.1 Å². The lowest BCUT2D eigenvalue weighted by Crippen LogP contribution is -2.17. The molecule has 2 N–H and O–H groups in total. The molecule has 0 spiro atoms. The number of hydrogen-bond acceptors (Lipinski definition) is 3. The second-order valence-corrected chi connectivity index (χ2v) is 5.17. The summed E-state index contributed by atoms with van der Waals surface area (Å²) in [6, 6.07) is 6.16. The summed E-state index contributed by atoms with van der Waals surface area (Å²) < 4.78 is 11.3. The highest BCUT2D eigenvalue weighted by Gasteiger charge is 2.42. The van der Waals surface area contributed by atoms with E-state index < -0.39 is 0 Å². The van der Waals surface area contributed by atoms with Gasteiger partial charge in [0.2, 0.25) is 0 Å². The van der Waals surface area contributed by atoms with Crippen molar-refractivity contribution in [3.8, 4) is 11.5 Å². The van der Waals surface area contributed by atoms with E-state index in [0.29, 0.717) is 5.41 Å². The van der Waals surface area contributed by atoms with Crippen LogP contribution in [0.5, 0.6) is 11.5 Å². The van der Waals surface area contributed by atoms with Crippen LogP contribution >= 0.6 is 0 Å². The molecule has 3 heteroatoms. The fourth-order valence-corrected chi connectivity index (χ4v) is 2.23. The summed E-state index contributed by atoms with van der Waals surface area (Å²) >= 11 is 0. The molecular formula is C15H23NO2. The molecule has 0 radical (unpaired) electrons. The molecule has 0 heterocycles. The number of benzene rings is 1. The van der Waals surface area contributed by atoms with E-state index in [-0.39, 0.29) is 0 Å². The topological polar surface area (TPSA) is 44.5 Å². The molecule has 0 saturated heterocycles. The quantitative estimate of drug-likeness (QED) is 0.808. The van der Waals surface area contributed by atoms with Crippen LogP contribution in [0.2, 0.25) is 0 Å². The van der Waals surface area contributed by atoms with Gasteiger partial charge in [0.25, 0.3) is 0 Å².